The zero-order valence-corrected chi connectivity index (χ0v) is 51.3. The van der Waals surface area contributed by atoms with Gasteiger partial charge in [0.05, 0.1) is 0 Å². The van der Waals surface area contributed by atoms with Crippen molar-refractivity contribution in [3.8, 4) is 0 Å². The van der Waals surface area contributed by atoms with E-state index < -0.39 is 6.10 Å². The van der Waals surface area contributed by atoms with Crippen LogP contribution in [0, 0.1) is 0 Å². The Kier molecular flexibility index (Phi) is 62.3. The third kappa shape index (κ3) is 64.3. The smallest absolute Gasteiger partial charge is 0.306 e. The van der Waals surface area contributed by atoms with Gasteiger partial charge in [-0.2, -0.15) is 0 Å². The third-order valence-corrected chi connectivity index (χ3v) is 13.7. The molecule has 0 rings (SSSR count). The molecule has 0 saturated heterocycles. The second kappa shape index (κ2) is 66.1. The number of allylic oxidation sites excluding steroid dienone is 22. The highest BCUT2D eigenvalue weighted by atomic mass is 16.6. The van der Waals surface area contributed by atoms with Crippen LogP contribution in [-0.4, -0.2) is 37.2 Å². The van der Waals surface area contributed by atoms with Crippen LogP contribution in [0.5, 0.6) is 0 Å². The highest BCUT2D eigenvalue weighted by Gasteiger charge is 2.19. The van der Waals surface area contributed by atoms with Gasteiger partial charge in [0.15, 0.2) is 6.10 Å². The minimum atomic E-state index is -0.789. The number of rotatable bonds is 58. The van der Waals surface area contributed by atoms with E-state index in [-0.39, 0.29) is 31.1 Å². The Labute approximate surface area is 487 Å². The first-order valence-electron chi connectivity index (χ1n) is 32.7. The van der Waals surface area contributed by atoms with Gasteiger partial charge in [0.1, 0.15) is 13.2 Å². The van der Waals surface area contributed by atoms with Crippen LogP contribution in [-0.2, 0) is 28.6 Å². The van der Waals surface area contributed by atoms with E-state index in [0.29, 0.717) is 19.3 Å². The summed E-state index contributed by atoms with van der Waals surface area (Å²) in [5.41, 5.74) is 0. The lowest BCUT2D eigenvalue weighted by molar-refractivity contribution is -0.167. The number of hydrogen-bond acceptors (Lipinski definition) is 6. The summed E-state index contributed by atoms with van der Waals surface area (Å²) >= 11 is 0. The molecule has 6 nitrogen and oxygen atoms in total. The largest absolute Gasteiger partial charge is 0.462 e. The average molecular weight is 1090 g/mol. The predicted octanol–water partition coefficient (Wildman–Crippen LogP) is 22.5. The fourth-order valence-corrected chi connectivity index (χ4v) is 8.83. The number of carbonyl (C=O) groups excluding carboxylic acids is 3. The molecule has 0 bridgehead atoms. The summed E-state index contributed by atoms with van der Waals surface area (Å²) in [4.78, 5) is 38.1. The maximum Gasteiger partial charge on any atom is 0.306 e. The van der Waals surface area contributed by atoms with Crippen molar-refractivity contribution in [2.45, 2.75) is 297 Å². The number of carbonyl (C=O) groups is 3. The molecule has 0 N–H and O–H groups in total. The van der Waals surface area contributed by atoms with E-state index in [4.69, 9.17) is 14.2 Å². The molecule has 0 spiro atoms. The van der Waals surface area contributed by atoms with E-state index in [0.717, 1.165) is 148 Å². The summed E-state index contributed by atoms with van der Waals surface area (Å²) in [5.74, 6) is -0.910. The molecule has 0 saturated carbocycles. The van der Waals surface area contributed by atoms with Crippen LogP contribution in [0.2, 0.25) is 0 Å². The molecule has 1 atom stereocenters. The van der Waals surface area contributed by atoms with Crippen molar-refractivity contribution >= 4 is 17.9 Å². The molecule has 0 aliphatic heterocycles. The summed E-state index contributed by atoms with van der Waals surface area (Å²) < 4.78 is 16.8. The molecule has 0 aromatic heterocycles. The molecule has 0 radical (unpaired) electrons. The van der Waals surface area contributed by atoms with Crippen LogP contribution in [0.4, 0.5) is 0 Å². The SMILES string of the molecule is CC/C=C\C/C=C\C/C=C\C/C=C\C/C=C\C/C=C\CCCCCCCCCCCCCCCCC(=O)OCC(COC(=O)CCCCCCCCC)OC(=O)CCCCCCC/C=C\C/C=C\C/C=C\C/C=C\C/C=C\CC. The van der Waals surface area contributed by atoms with Gasteiger partial charge in [-0.05, 0) is 116 Å². The minimum Gasteiger partial charge on any atom is -0.462 e. The van der Waals surface area contributed by atoms with Gasteiger partial charge in [-0.15, -0.1) is 0 Å². The highest BCUT2D eigenvalue weighted by Crippen LogP contribution is 2.16. The van der Waals surface area contributed by atoms with Crippen molar-refractivity contribution in [1.29, 1.82) is 0 Å². The van der Waals surface area contributed by atoms with E-state index in [2.05, 4.69) is 154 Å². The summed E-state index contributed by atoms with van der Waals surface area (Å²) in [7, 11) is 0. The fourth-order valence-electron chi connectivity index (χ4n) is 8.83. The molecular formula is C73H120O6. The first kappa shape index (κ1) is 74.5. The summed E-state index contributed by atoms with van der Waals surface area (Å²) in [6.45, 7) is 6.36. The molecule has 0 amide bonds. The third-order valence-electron chi connectivity index (χ3n) is 13.7. The van der Waals surface area contributed by atoms with Crippen LogP contribution in [0.15, 0.2) is 134 Å². The van der Waals surface area contributed by atoms with Gasteiger partial charge in [-0.25, -0.2) is 0 Å². The molecule has 0 aromatic carbocycles. The maximum atomic E-state index is 12.9. The topological polar surface area (TPSA) is 78.9 Å². The van der Waals surface area contributed by atoms with Crippen LogP contribution in [0.1, 0.15) is 290 Å². The van der Waals surface area contributed by atoms with Crippen LogP contribution in [0.3, 0.4) is 0 Å². The number of unbranched alkanes of at least 4 members (excludes halogenated alkanes) is 25. The van der Waals surface area contributed by atoms with Gasteiger partial charge < -0.3 is 14.2 Å². The van der Waals surface area contributed by atoms with Gasteiger partial charge in [0.2, 0.25) is 0 Å². The van der Waals surface area contributed by atoms with Gasteiger partial charge >= 0.3 is 17.9 Å². The maximum absolute atomic E-state index is 12.9. The lowest BCUT2D eigenvalue weighted by Gasteiger charge is -2.18. The molecular weight excluding hydrogens is 973 g/mol. The lowest BCUT2D eigenvalue weighted by Crippen LogP contribution is -2.30. The minimum absolute atomic E-state index is 0.0868. The monoisotopic (exact) mass is 1090 g/mol. The van der Waals surface area contributed by atoms with Gasteiger partial charge in [0.25, 0.3) is 0 Å². The Morgan fingerprint density at radius 1 is 0.266 bits per heavy atom. The van der Waals surface area contributed by atoms with Crippen molar-refractivity contribution < 1.29 is 28.6 Å². The molecule has 79 heavy (non-hydrogen) atoms. The van der Waals surface area contributed by atoms with Crippen LogP contribution >= 0.6 is 0 Å². The normalized spacial score (nSPS) is 13.0. The van der Waals surface area contributed by atoms with E-state index in [1.54, 1.807) is 0 Å². The molecule has 0 aliphatic carbocycles. The van der Waals surface area contributed by atoms with E-state index in [1.807, 2.05) is 0 Å². The van der Waals surface area contributed by atoms with E-state index in [9.17, 15) is 14.4 Å². The highest BCUT2D eigenvalue weighted by molar-refractivity contribution is 5.71. The summed E-state index contributed by atoms with van der Waals surface area (Å²) in [6, 6.07) is 0. The molecule has 0 aliphatic rings. The Hall–Kier alpha value is -4.45. The van der Waals surface area contributed by atoms with Crippen molar-refractivity contribution in [3.63, 3.8) is 0 Å². The van der Waals surface area contributed by atoms with Crippen molar-refractivity contribution in [1.82, 2.24) is 0 Å². The second-order valence-corrected chi connectivity index (χ2v) is 21.3. The number of ether oxygens (including phenoxy) is 3. The summed E-state index contributed by atoms with van der Waals surface area (Å²) in [6.07, 6.45) is 93.5. The van der Waals surface area contributed by atoms with Crippen LogP contribution < -0.4 is 0 Å². The van der Waals surface area contributed by atoms with E-state index in [1.165, 1.54) is 103 Å². The quantitative estimate of drug-likeness (QED) is 0.0261. The Balaban J connectivity index is 4.12. The Bertz CT molecular complexity index is 1680. The molecule has 6 heteroatoms. The molecule has 1 unspecified atom stereocenters. The standard InChI is InChI=1S/C73H120O6/c1-4-7-10-13-16-18-20-22-24-26-28-30-31-32-33-34-35-36-37-38-39-40-41-43-44-46-48-50-52-54-57-60-63-66-72(75)78-69-70(68-77-71(74)65-62-59-56-15-12-9-6-3)79-73(76)67-64-61-58-55-53-51-49-47-45-42-29-27-25-23-21-19-17-14-11-8-5-2/h7-8,10-11,16-19,22-25,28-30,32-33,35-36,42,47,49,70H,4-6,9,12-15,20-21,26-27,31,34,37-41,43-46,48,50-69H2,1-3H3/b10-7-,11-8-,18-16-,19-17-,24-22-,25-23-,30-28-,33-32-,36-35-,42-29-,49-47-. The summed E-state index contributed by atoms with van der Waals surface area (Å²) in [5, 5.41) is 0. The first-order chi connectivity index (χ1) is 39.0. The number of hydrogen-bond donors (Lipinski definition) is 0. The van der Waals surface area contributed by atoms with Crippen LogP contribution in [0.25, 0.3) is 0 Å². The first-order valence-corrected chi connectivity index (χ1v) is 32.7. The van der Waals surface area contributed by atoms with Crippen molar-refractivity contribution in [2.75, 3.05) is 13.2 Å². The van der Waals surface area contributed by atoms with Gasteiger partial charge in [-0.3, -0.25) is 14.4 Å². The molecule has 448 valence electrons. The lowest BCUT2D eigenvalue weighted by atomic mass is 10.0. The van der Waals surface area contributed by atoms with Gasteiger partial charge in [0, 0.05) is 19.3 Å². The zero-order chi connectivity index (χ0) is 57.1. The van der Waals surface area contributed by atoms with Crippen molar-refractivity contribution in [2.24, 2.45) is 0 Å². The van der Waals surface area contributed by atoms with Gasteiger partial charge in [-0.1, -0.05) is 289 Å². The molecule has 0 heterocycles. The zero-order valence-electron chi connectivity index (χ0n) is 51.3. The number of esters is 3. The average Bonchev–Trinajstić information content (AvgIpc) is 3.45. The van der Waals surface area contributed by atoms with E-state index >= 15 is 0 Å². The fraction of sp³-hybridized carbons (Fsp3) is 0.658. The molecule has 0 aromatic rings. The molecule has 0 fully saturated rings. The van der Waals surface area contributed by atoms with Crippen molar-refractivity contribution in [3.05, 3.63) is 134 Å². The predicted molar refractivity (Wildman–Crippen MR) is 343 cm³/mol. The Morgan fingerprint density at radius 2 is 0.494 bits per heavy atom. The second-order valence-electron chi connectivity index (χ2n) is 21.3. The Morgan fingerprint density at radius 3 is 0.772 bits per heavy atom.